The third-order valence-corrected chi connectivity index (χ3v) is 3.67. The lowest BCUT2D eigenvalue weighted by Crippen LogP contribution is -2.20. The van der Waals surface area contributed by atoms with Crippen molar-refractivity contribution in [2.45, 2.75) is 32.6 Å². The van der Waals surface area contributed by atoms with Gasteiger partial charge in [-0.1, -0.05) is 19.1 Å². The summed E-state index contributed by atoms with van der Waals surface area (Å²) in [5.41, 5.74) is 3.45. The van der Waals surface area contributed by atoms with Gasteiger partial charge in [0.2, 0.25) is 0 Å². The van der Waals surface area contributed by atoms with Crippen LogP contribution in [0.2, 0.25) is 0 Å². The van der Waals surface area contributed by atoms with Crippen molar-refractivity contribution in [3.63, 3.8) is 0 Å². The Morgan fingerprint density at radius 3 is 2.88 bits per heavy atom. The van der Waals surface area contributed by atoms with Gasteiger partial charge in [0.1, 0.15) is 0 Å². The molecule has 92 valence electrons. The maximum absolute atomic E-state index is 11.0. The summed E-state index contributed by atoms with van der Waals surface area (Å²) in [6.45, 7) is 8.10. The van der Waals surface area contributed by atoms with Crippen molar-refractivity contribution in [3.8, 4) is 0 Å². The number of rotatable bonds is 3. The van der Waals surface area contributed by atoms with E-state index in [-0.39, 0.29) is 0 Å². The summed E-state index contributed by atoms with van der Waals surface area (Å²) in [5.74, 6) is -0.659. The monoisotopic (exact) mass is 233 g/mol. The van der Waals surface area contributed by atoms with E-state index in [1.807, 2.05) is 12.1 Å². The van der Waals surface area contributed by atoms with Crippen molar-refractivity contribution >= 4 is 11.7 Å². The Bertz CT molecular complexity index is 442. The molecule has 1 heterocycles. The fourth-order valence-electron chi connectivity index (χ4n) is 2.49. The molecule has 0 bridgehead atoms. The van der Waals surface area contributed by atoms with Crippen LogP contribution in [0, 0.1) is 0 Å². The first-order valence-electron chi connectivity index (χ1n) is 6.16. The molecular formula is C14H19NO2. The van der Waals surface area contributed by atoms with Gasteiger partial charge in [0.15, 0.2) is 0 Å². The van der Waals surface area contributed by atoms with Crippen molar-refractivity contribution in [2.75, 3.05) is 18.0 Å². The number of likely N-dealkylation sites (N-methyl/N-ethyl adjacent to an activating group) is 1. The van der Waals surface area contributed by atoms with Crippen molar-refractivity contribution < 1.29 is 9.90 Å². The molecule has 2 rings (SSSR count). The van der Waals surface area contributed by atoms with Gasteiger partial charge >= 0.3 is 5.97 Å². The SMILES string of the molecule is CCN1CC(C)c2ccc(C(C)C(=O)O)cc21. The van der Waals surface area contributed by atoms with Crippen molar-refractivity contribution in [3.05, 3.63) is 29.3 Å². The number of anilines is 1. The fourth-order valence-corrected chi connectivity index (χ4v) is 2.49. The van der Waals surface area contributed by atoms with Crippen LogP contribution in [0.25, 0.3) is 0 Å². The second kappa shape index (κ2) is 4.40. The highest BCUT2D eigenvalue weighted by Crippen LogP contribution is 2.37. The van der Waals surface area contributed by atoms with Gasteiger partial charge in [0, 0.05) is 24.7 Å². The minimum Gasteiger partial charge on any atom is -0.481 e. The molecular weight excluding hydrogens is 214 g/mol. The highest BCUT2D eigenvalue weighted by atomic mass is 16.4. The lowest BCUT2D eigenvalue weighted by Gasteiger charge is -2.18. The van der Waals surface area contributed by atoms with Crippen molar-refractivity contribution in [1.82, 2.24) is 0 Å². The molecule has 0 aromatic heterocycles. The quantitative estimate of drug-likeness (QED) is 0.872. The molecule has 0 aliphatic carbocycles. The second-order valence-corrected chi connectivity index (χ2v) is 4.82. The molecule has 3 nitrogen and oxygen atoms in total. The predicted molar refractivity (Wildman–Crippen MR) is 68.8 cm³/mol. The largest absolute Gasteiger partial charge is 0.481 e. The van der Waals surface area contributed by atoms with E-state index in [1.165, 1.54) is 11.3 Å². The average Bonchev–Trinajstić information content (AvgIpc) is 2.64. The maximum Gasteiger partial charge on any atom is 0.310 e. The molecule has 0 saturated carbocycles. The molecule has 3 heteroatoms. The number of carbonyl (C=O) groups is 1. The molecule has 0 radical (unpaired) electrons. The molecule has 0 saturated heterocycles. The normalized spacial score (nSPS) is 20.2. The van der Waals surface area contributed by atoms with Gasteiger partial charge in [0.05, 0.1) is 5.92 Å². The summed E-state index contributed by atoms with van der Waals surface area (Å²) in [4.78, 5) is 13.3. The van der Waals surface area contributed by atoms with E-state index >= 15 is 0 Å². The van der Waals surface area contributed by atoms with Crippen LogP contribution >= 0.6 is 0 Å². The zero-order valence-electron chi connectivity index (χ0n) is 10.6. The number of benzene rings is 1. The van der Waals surface area contributed by atoms with Gasteiger partial charge in [-0.05, 0) is 31.0 Å². The van der Waals surface area contributed by atoms with Crippen LogP contribution in [0.15, 0.2) is 18.2 Å². The van der Waals surface area contributed by atoms with Gasteiger partial charge in [-0.3, -0.25) is 4.79 Å². The van der Waals surface area contributed by atoms with Crippen LogP contribution < -0.4 is 4.90 Å². The van der Waals surface area contributed by atoms with Crippen molar-refractivity contribution in [2.24, 2.45) is 0 Å². The van der Waals surface area contributed by atoms with Gasteiger partial charge in [-0.15, -0.1) is 0 Å². The highest BCUT2D eigenvalue weighted by Gasteiger charge is 2.25. The Kier molecular flexibility index (Phi) is 3.09. The molecule has 1 aliphatic heterocycles. The van der Waals surface area contributed by atoms with Gasteiger partial charge in [-0.25, -0.2) is 0 Å². The standard InChI is InChI=1S/C14H19NO2/c1-4-15-8-9(2)12-6-5-11(7-13(12)15)10(3)14(16)17/h5-7,9-10H,4,8H2,1-3H3,(H,16,17). The Balaban J connectivity index is 2.40. The molecule has 0 amide bonds. The Labute approximate surface area is 102 Å². The van der Waals surface area contributed by atoms with E-state index in [1.54, 1.807) is 6.92 Å². The van der Waals surface area contributed by atoms with Gasteiger partial charge in [-0.2, -0.15) is 0 Å². The molecule has 0 spiro atoms. The molecule has 1 aromatic rings. The maximum atomic E-state index is 11.0. The highest BCUT2D eigenvalue weighted by molar-refractivity contribution is 5.76. The summed E-state index contributed by atoms with van der Waals surface area (Å²) in [5, 5.41) is 9.05. The zero-order valence-corrected chi connectivity index (χ0v) is 10.6. The van der Waals surface area contributed by atoms with E-state index in [9.17, 15) is 4.79 Å². The third-order valence-electron chi connectivity index (χ3n) is 3.67. The van der Waals surface area contributed by atoms with Crippen LogP contribution in [0.3, 0.4) is 0 Å². The second-order valence-electron chi connectivity index (χ2n) is 4.82. The number of aliphatic carboxylic acids is 1. The van der Waals surface area contributed by atoms with Crippen LogP contribution in [0.4, 0.5) is 5.69 Å². The third kappa shape index (κ3) is 2.02. The number of hydrogen-bond donors (Lipinski definition) is 1. The number of hydrogen-bond acceptors (Lipinski definition) is 2. The molecule has 1 N–H and O–H groups in total. The van der Waals surface area contributed by atoms with Crippen LogP contribution in [-0.4, -0.2) is 24.2 Å². The Hall–Kier alpha value is -1.51. The van der Waals surface area contributed by atoms with Gasteiger partial charge in [0.25, 0.3) is 0 Å². The summed E-state index contributed by atoms with van der Waals surface area (Å²) in [6.07, 6.45) is 0. The van der Waals surface area contributed by atoms with E-state index in [4.69, 9.17) is 5.11 Å². The number of nitrogens with zero attached hydrogens (tertiary/aromatic N) is 1. The minimum absolute atomic E-state index is 0.435. The minimum atomic E-state index is -0.765. The predicted octanol–water partition coefficient (Wildman–Crippen LogP) is 2.82. The van der Waals surface area contributed by atoms with Crippen LogP contribution in [0.5, 0.6) is 0 Å². The summed E-state index contributed by atoms with van der Waals surface area (Å²) in [7, 11) is 0. The Morgan fingerprint density at radius 2 is 2.29 bits per heavy atom. The number of carboxylic acids is 1. The van der Waals surface area contributed by atoms with Crippen LogP contribution in [0.1, 0.15) is 43.7 Å². The zero-order chi connectivity index (χ0) is 12.6. The lowest BCUT2D eigenvalue weighted by atomic mass is 9.96. The summed E-state index contributed by atoms with van der Waals surface area (Å²) in [6, 6.07) is 6.08. The Morgan fingerprint density at radius 1 is 1.59 bits per heavy atom. The molecule has 1 aromatic carbocycles. The first-order valence-corrected chi connectivity index (χ1v) is 6.16. The van der Waals surface area contributed by atoms with E-state index in [0.717, 1.165) is 18.7 Å². The summed E-state index contributed by atoms with van der Waals surface area (Å²) >= 11 is 0. The lowest BCUT2D eigenvalue weighted by molar-refractivity contribution is -0.138. The number of fused-ring (bicyclic) bond motifs is 1. The smallest absolute Gasteiger partial charge is 0.310 e. The number of carboxylic acid groups (broad SMARTS) is 1. The summed E-state index contributed by atoms with van der Waals surface area (Å²) < 4.78 is 0. The molecule has 2 atom stereocenters. The van der Waals surface area contributed by atoms with Crippen LogP contribution in [-0.2, 0) is 4.79 Å². The average molecular weight is 233 g/mol. The molecule has 2 unspecified atom stereocenters. The molecule has 17 heavy (non-hydrogen) atoms. The van der Waals surface area contributed by atoms with E-state index in [2.05, 4.69) is 24.8 Å². The fraction of sp³-hybridized carbons (Fsp3) is 0.500. The van der Waals surface area contributed by atoms with E-state index in [0.29, 0.717) is 5.92 Å². The van der Waals surface area contributed by atoms with Gasteiger partial charge < -0.3 is 10.0 Å². The molecule has 1 aliphatic rings. The first kappa shape index (κ1) is 12.0. The van der Waals surface area contributed by atoms with E-state index < -0.39 is 11.9 Å². The molecule has 0 fully saturated rings. The topological polar surface area (TPSA) is 40.5 Å². The first-order chi connectivity index (χ1) is 8.04. The van der Waals surface area contributed by atoms with Crippen molar-refractivity contribution in [1.29, 1.82) is 0 Å².